The standard InChI is InChI=1S/2C30H32ClN5O2/c1-18-27(35(4)17-33-18)21-14-23-26(32-16-21)25-22(15-24(31)34-29(25)30(2,3)37)36(23)28(19-8-6-5-7-9-19)20-10-12-38-13-11-20;1-18-27(35(4)17-33-18)21-14-23-26(32-16-21)25-22(15-24(30(2,3)37)34-29(25)31)36(23)28(19-8-6-5-7-9-19)20-10-12-38-13-11-20/h2*5-9,14-17,20,28,37H,10-13H2,1-4H3/t2*28-/m11/s1. The van der Waals surface area contributed by atoms with E-state index in [-0.39, 0.29) is 12.1 Å². The van der Waals surface area contributed by atoms with Gasteiger partial charge in [-0.2, -0.15) is 0 Å². The van der Waals surface area contributed by atoms with Crippen LogP contribution >= 0.6 is 23.2 Å². The first-order chi connectivity index (χ1) is 36.5. The van der Waals surface area contributed by atoms with Crippen LogP contribution in [0.5, 0.6) is 0 Å². The predicted octanol–water partition coefficient (Wildman–Crippen LogP) is 12.4. The average Bonchev–Trinajstić information content (AvgIpc) is 4.15. The van der Waals surface area contributed by atoms with E-state index in [0.717, 1.165) is 130 Å². The number of hydrogen-bond donors (Lipinski definition) is 2. The fraction of sp³-hybridized carbons (Fsp3) is 0.367. The maximum absolute atomic E-state index is 11.2. The van der Waals surface area contributed by atoms with E-state index in [1.54, 1.807) is 27.7 Å². The Labute approximate surface area is 452 Å². The lowest BCUT2D eigenvalue weighted by Crippen LogP contribution is -2.27. The summed E-state index contributed by atoms with van der Waals surface area (Å²) in [6, 6.07) is 29.6. The first-order valence-corrected chi connectivity index (χ1v) is 26.9. The van der Waals surface area contributed by atoms with E-state index in [1.807, 2.05) is 74.3 Å². The summed E-state index contributed by atoms with van der Waals surface area (Å²) in [4.78, 5) is 28.2. The Kier molecular flexibility index (Phi) is 13.9. The van der Waals surface area contributed by atoms with E-state index < -0.39 is 11.2 Å². The number of nitrogens with zero attached hydrogens (tertiary/aromatic N) is 10. The summed E-state index contributed by atoms with van der Waals surface area (Å²) in [5, 5.41) is 24.4. The van der Waals surface area contributed by atoms with Crippen molar-refractivity contribution in [2.24, 2.45) is 25.9 Å². The van der Waals surface area contributed by atoms with Crippen LogP contribution in [0.3, 0.4) is 0 Å². The molecule has 12 rings (SSSR count). The van der Waals surface area contributed by atoms with Crippen LogP contribution in [0.2, 0.25) is 10.3 Å². The summed E-state index contributed by atoms with van der Waals surface area (Å²) < 4.78 is 20.3. The van der Waals surface area contributed by atoms with Crippen molar-refractivity contribution in [2.45, 2.75) is 90.5 Å². The minimum absolute atomic E-state index is 0.0258. The minimum atomic E-state index is -1.21. The molecule has 76 heavy (non-hydrogen) atoms. The number of rotatable bonds is 10. The second-order valence-electron chi connectivity index (χ2n) is 21.6. The van der Waals surface area contributed by atoms with Gasteiger partial charge in [0.05, 0.1) is 103 Å². The van der Waals surface area contributed by atoms with Gasteiger partial charge >= 0.3 is 0 Å². The van der Waals surface area contributed by atoms with Crippen molar-refractivity contribution in [3.63, 3.8) is 0 Å². The minimum Gasteiger partial charge on any atom is -0.384 e. The molecule has 2 aliphatic rings. The predicted molar refractivity (Wildman–Crippen MR) is 301 cm³/mol. The fourth-order valence-electron chi connectivity index (χ4n) is 11.9. The van der Waals surface area contributed by atoms with Gasteiger partial charge in [-0.1, -0.05) is 83.9 Å². The van der Waals surface area contributed by atoms with Crippen LogP contribution in [-0.4, -0.2) is 84.8 Å². The molecule has 2 saturated heterocycles. The van der Waals surface area contributed by atoms with E-state index in [2.05, 4.69) is 102 Å². The van der Waals surface area contributed by atoms with Crippen LogP contribution in [0.1, 0.15) is 99.4 Å². The van der Waals surface area contributed by atoms with E-state index in [1.165, 1.54) is 11.1 Å². The summed E-state index contributed by atoms with van der Waals surface area (Å²) >= 11 is 13.5. The zero-order valence-corrected chi connectivity index (χ0v) is 45.8. The highest BCUT2D eigenvalue weighted by atomic mass is 35.5. The van der Waals surface area contributed by atoms with Gasteiger partial charge in [0, 0.05) is 64.0 Å². The van der Waals surface area contributed by atoms with Crippen LogP contribution in [-0.2, 0) is 34.8 Å². The monoisotopic (exact) mass is 1060 g/mol. The third-order valence-electron chi connectivity index (χ3n) is 15.4. The number of halogens is 2. The summed E-state index contributed by atoms with van der Waals surface area (Å²) in [5.74, 6) is 0.703. The second-order valence-corrected chi connectivity index (χ2v) is 22.4. The molecule has 0 bridgehead atoms. The quantitative estimate of drug-likeness (QED) is 0.126. The van der Waals surface area contributed by atoms with Crippen LogP contribution in [0.25, 0.3) is 66.4 Å². The molecule has 0 aliphatic carbocycles. The Morgan fingerprint density at radius 3 is 1.43 bits per heavy atom. The summed E-state index contributed by atoms with van der Waals surface area (Å²) in [6.45, 7) is 13.9. The molecule has 2 aromatic carbocycles. The average molecular weight is 1060 g/mol. The molecular formula is C60H64Cl2N10O4. The number of aliphatic hydroxyl groups is 2. The van der Waals surface area contributed by atoms with Crippen LogP contribution in [0.15, 0.2) is 110 Å². The highest BCUT2D eigenvalue weighted by Gasteiger charge is 2.35. The molecule has 14 nitrogen and oxygen atoms in total. The van der Waals surface area contributed by atoms with Crippen LogP contribution in [0.4, 0.5) is 0 Å². The number of aromatic nitrogens is 10. The zero-order valence-electron chi connectivity index (χ0n) is 44.3. The van der Waals surface area contributed by atoms with Crippen molar-refractivity contribution in [3.05, 3.63) is 154 Å². The molecule has 392 valence electrons. The van der Waals surface area contributed by atoms with E-state index in [4.69, 9.17) is 42.6 Å². The molecule has 2 aliphatic heterocycles. The van der Waals surface area contributed by atoms with Gasteiger partial charge in [0.2, 0.25) is 0 Å². The lowest BCUT2D eigenvalue weighted by molar-refractivity contribution is 0.0551. The normalized spacial score (nSPS) is 15.9. The molecule has 0 saturated carbocycles. The van der Waals surface area contributed by atoms with Gasteiger partial charge in [-0.3, -0.25) is 9.97 Å². The van der Waals surface area contributed by atoms with Crippen molar-refractivity contribution in [3.8, 4) is 22.5 Å². The second kappa shape index (κ2) is 20.5. The van der Waals surface area contributed by atoms with Crippen LogP contribution in [0, 0.1) is 25.7 Å². The van der Waals surface area contributed by atoms with Gasteiger partial charge in [0.15, 0.2) is 0 Å². The maximum Gasteiger partial charge on any atom is 0.141 e. The van der Waals surface area contributed by atoms with Crippen molar-refractivity contribution >= 4 is 67.1 Å². The molecule has 16 heteroatoms. The molecule has 2 fully saturated rings. The Morgan fingerprint density at radius 1 is 0.566 bits per heavy atom. The smallest absolute Gasteiger partial charge is 0.141 e. The maximum atomic E-state index is 11.2. The molecule has 10 aromatic rings. The molecule has 0 spiro atoms. The highest BCUT2D eigenvalue weighted by Crippen LogP contribution is 2.46. The fourth-order valence-corrected chi connectivity index (χ4v) is 12.4. The Morgan fingerprint density at radius 2 is 1.01 bits per heavy atom. The number of ether oxygens (including phenoxy) is 2. The lowest BCUT2D eigenvalue weighted by atomic mass is 9.86. The Bertz CT molecular complexity index is 3640. The first-order valence-electron chi connectivity index (χ1n) is 26.2. The number of hydrogen-bond acceptors (Lipinski definition) is 10. The Hall–Kier alpha value is -6.52. The van der Waals surface area contributed by atoms with Gasteiger partial charge < -0.3 is 38.0 Å². The Balaban J connectivity index is 0.000000162. The number of pyridine rings is 4. The highest BCUT2D eigenvalue weighted by molar-refractivity contribution is 6.36. The number of fused-ring (bicyclic) bond motifs is 6. The molecule has 10 heterocycles. The van der Waals surface area contributed by atoms with E-state index >= 15 is 0 Å². The van der Waals surface area contributed by atoms with Gasteiger partial charge in [-0.25, -0.2) is 19.9 Å². The van der Waals surface area contributed by atoms with Gasteiger partial charge in [0.1, 0.15) is 21.5 Å². The third kappa shape index (κ3) is 9.47. The number of benzene rings is 2. The SMILES string of the molecule is Cc1ncn(C)c1-c1cnc2c3c(C(C)(C)O)nc(Cl)cc3n([C@H](c3ccccc3)C3CCOCC3)c2c1.Cc1ncn(C)c1-c1cnc2c3c(Cl)nc(C(C)(C)O)cc3n([C@H](c3ccccc3)C3CCOCC3)c2c1. The van der Waals surface area contributed by atoms with Gasteiger partial charge in [0.25, 0.3) is 0 Å². The van der Waals surface area contributed by atoms with Gasteiger partial charge in [-0.05, 0) is 114 Å². The van der Waals surface area contributed by atoms with Crippen molar-refractivity contribution in [1.82, 2.24) is 48.2 Å². The molecule has 8 aromatic heterocycles. The summed E-state index contributed by atoms with van der Waals surface area (Å²) in [5.41, 5.74) is 12.5. The van der Waals surface area contributed by atoms with Gasteiger partial charge in [-0.15, -0.1) is 0 Å². The molecule has 2 N–H and O–H groups in total. The molecular weight excluding hydrogens is 996 g/mol. The summed E-state index contributed by atoms with van der Waals surface area (Å²) in [6.07, 6.45) is 11.2. The summed E-state index contributed by atoms with van der Waals surface area (Å²) in [7, 11) is 4.00. The third-order valence-corrected chi connectivity index (χ3v) is 15.9. The van der Waals surface area contributed by atoms with E-state index in [9.17, 15) is 10.2 Å². The molecule has 0 radical (unpaired) electrons. The topological polar surface area (TPSA) is 156 Å². The molecule has 2 atom stereocenters. The zero-order chi connectivity index (χ0) is 53.2. The largest absolute Gasteiger partial charge is 0.384 e. The number of imidazole rings is 2. The first kappa shape index (κ1) is 51.6. The van der Waals surface area contributed by atoms with Crippen LogP contribution < -0.4 is 0 Å². The molecule has 0 unspecified atom stereocenters. The van der Waals surface area contributed by atoms with Crippen molar-refractivity contribution in [2.75, 3.05) is 26.4 Å². The van der Waals surface area contributed by atoms with E-state index in [0.29, 0.717) is 33.5 Å². The lowest BCUT2D eigenvalue weighted by Gasteiger charge is -2.33. The number of aryl methyl sites for hydroxylation is 4. The van der Waals surface area contributed by atoms with Crippen molar-refractivity contribution < 1.29 is 19.7 Å². The molecule has 0 amide bonds. The van der Waals surface area contributed by atoms with Crippen molar-refractivity contribution in [1.29, 1.82) is 0 Å².